The molecule has 0 bridgehead atoms. The molecule has 1 heterocycles. The van der Waals surface area contributed by atoms with Gasteiger partial charge in [-0.15, -0.1) is 0 Å². The van der Waals surface area contributed by atoms with Crippen LogP contribution < -0.4 is 5.73 Å². The molecule has 1 aromatic heterocycles. The van der Waals surface area contributed by atoms with Gasteiger partial charge in [0.05, 0.1) is 5.92 Å². The minimum Gasteiger partial charge on any atom is -0.350 e. The number of hydrogen-bond acceptors (Lipinski definition) is 1. The fraction of sp³-hybridized carbons (Fsp3) is 0.333. The third-order valence-corrected chi connectivity index (χ3v) is 3.22. The lowest BCUT2D eigenvalue weighted by atomic mass is 9.98. The smallest absolute Gasteiger partial charge is 0.350 e. The maximum atomic E-state index is 12.9. The SMILES string of the molecule is Cn1cc(C(CN)C(F)(F)F)c2ccc(Cl)cc21. The van der Waals surface area contributed by atoms with Crippen LogP contribution in [0.1, 0.15) is 11.5 Å². The van der Waals surface area contributed by atoms with Crippen LogP contribution in [0.2, 0.25) is 5.02 Å². The summed E-state index contributed by atoms with van der Waals surface area (Å²) < 4.78 is 40.4. The normalized spacial score (nSPS) is 14.1. The quantitative estimate of drug-likeness (QED) is 0.895. The third-order valence-electron chi connectivity index (χ3n) is 2.99. The number of nitrogens with two attached hydrogens (primary N) is 1. The van der Waals surface area contributed by atoms with Gasteiger partial charge in [-0.1, -0.05) is 17.7 Å². The van der Waals surface area contributed by atoms with Crippen LogP contribution in [-0.2, 0) is 7.05 Å². The predicted octanol–water partition coefficient (Wildman–Crippen LogP) is 3.44. The van der Waals surface area contributed by atoms with Crippen LogP contribution in [0.4, 0.5) is 13.2 Å². The zero-order chi connectivity index (χ0) is 13.5. The summed E-state index contributed by atoms with van der Waals surface area (Å²) in [7, 11) is 1.69. The predicted molar refractivity (Wildman–Crippen MR) is 65.8 cm³/mol. The molecule has 1 aromatic carbocycles. The van der Waals surface area contributed by atoms with Crippen molar-refractivity contribution in [2.75, 3.05) is 6.54 Å². The molecule has 1 atom stereocenters. The van der Waals surface area contributed by atoms with Gasteiger partial charge < -0.3 is 10.3 Å². The Kier molecular flexibility index (Phi) is 3.29. The molecule has 0 radical (unpaired) electrons. The van der Waals surface area contributed by atoms with E-state index in [1.165, 1.54) is 6.20 Å². The van der Waals surface area contributed by atoms with Gasteiger partial charge in [-0.05, 0) is 17.7 Å². The van der Waals surface area contributed by atoms with Gasteiger partial charge in [0.1, 0.15) is 0 Å². The minimum atomic E-state index is -4.34. The van der Waals surface area contributed by atoms with Gasteiger partial charge in [-0.25, -0.2) is 0 Å². The highest BCUT2D eigenvalue weighted by Gasteiger charge is 2.41. The highest BCUT2D eigenvalue weighted by atomic mass is 35.5. The summed E-state index contributed by atoms with van der Waals surface area (Å²) in [5.41, 5.74) is 6.13. The van der Waals surface area contributed by atoms with Crippen molar-refractivity contribution < 1.29 is 13.2 Å². The van der Waals surface area contributed by atoms with E-state index >= 15 is 0 Å². The van der Waals surface area contributed by atoms with E-state index < -0.39 is 18.6 Å². The molecule has 0 aliphatic heterocycles. The summed E-state index contributed by atoms with van der Waals surface area (Å²) in [5, 5.41) is 1.03. The van der Waals surface area contributed by atoms with Crippen LogP contribution in [0.15, 0.2) is 24.4 Å². The van der Waals surface area contributed by atoms with E-state index in [0.717, 1.165) is 0 Å². The lowest BCUT2D eigenvalue weighted by Gasteiger charge is -2.17. The highest BCUT2D eigenvalue weighted by molar-refractivity contribution is 6.31. The van der Waals surface area contributed by atoms with Crippen molar-refractivity contribution in [3.63, 3.8) is 0 Å². The average Bonchev–Trinajstić information content (AvgIpc) is 2.55. The number of aromatic nitrogens is 1. The Morgan fingerprint density at radius 2 is 2.06 bits per heavy atom. The second-order valence-electron chi connectivity index (χ2n) is 4.19. The third kappa shape index (κ3) is 2.20. The Hall–Kier alpha value is -1.20. The van der Waals surface area contributed by atoms with E-state index in [4.69, 9.17) is 17.3 Å². The molecule has 0 aliphatic rings. The molecular weight excluding hydrogens is 265 g/mol. The van der Waals surface area contributed by atoms with Crippen LogP contribution in [0.5, 0.6) is 0 Å². The van der Waals surface area contributed by atoms with Gasteiger partial charge in [0.25, 0.3) is 0 Å². The number of rotatable bonds is 2. The van der Waals surface area contributed by atoms with Crippen molar-refractivity contribution in [1.82, 2.24) is 4.57 Å². The molecule has 2 N–H and O–H groups in total. The van der Waals surface area contributed by atoms with E-state index in [-0.39, 0.29) is 5.56 Å². The first-order valence-electron chi connectivity index (χ1n) is 5.36. The number of nitrogens with zero attached hydrogens (tertiary/aromatic N) is 1. The lowest BCUT2D eigenvalue weighted by molar-refractivity contribution is -0.147. The summed E-state index contributed by atoms with van der Waals surface area (Å²) in [6.45, 7) is -0.467. The van der Waals surface area contributed by atoms with Gasteiger partial charge >= 0.3 is 6.18 Å². The number of aryl methyl sites for hydroxylation is 1. The molecule has 0 amide bonds. The minimum absolute atomic E-state index is 0.194. The van der Waals surface area contributed by atoms with Gasteiger partial charge in [0, 0.05) is 35.7 Å². The first-order chi connectivity index (χ1) is 8.34. The maximum absolute atomic E-state index is 12.9. The van der Waals surface area contributed by atoms with Gasteiger partial charge in [-0.3, -0.25) is 0 Å². The second-order valence-corrected chi connectivity index (χ2v) is 4.62. The van der Waals surface area contributed by atoms with Crippen LogP contribution in [0, 0.1) is 0 Å². The average molecular weight is 277 g/mol. The summed E-state index contributed by atoms with van der Waals surface area (Å²) in [6, 6.07) is 4.82. The van der Waals surface area contributed by atoms with E-state index in [0.29, 0.717) is 15.9 Å². The summed E-state index contributed by atoms with van der Waals surface area (Å²) >= 11 is 5.84. The summed E-state index contributed by atoms with van der Waals surface area (Å²) in [4.78, 5) is 0. The Morgan fingerprint density at radius 3 is 2.61 bits per heavy atom. The Labute approximate surface area is 107 Å². The molecular formula is C12H12ClF3N2. The number of alkyl halides is 3. The molecule has 0 saturated carbocycles. The molecule has 18 heavy (non-hydrogen) atoms. The number of halogens is 4. The van der Waals surface area contributed by atoms with Crippen molar-refractivity contribution in [3.8, 4) is 0 Å². The first kappa shape index (κ1) is 13.2. The second kappa shape index (κ2) is 4.48. The van der Waals surface area contributed by atoms with Crippen LogP contribution in [0.25, 0.3) is 10.9 Å². The van der Waals surface area contributed by atoms with Gasteiger partial charge in [0.15, 0.2) is 0 Å². The first-order valence-corrected chi connectivity index (χ1v) is 5.73. The van der Waals surface area contributed by atoms with E-state index in [2.05, 4.69) is 0 Å². The van der Waals surface area contributed by atoms with Gasteiger partial charge in [0.2, 0.25) is 0 Å². The largest absolute Gasteiger partial charge is 0.397 e. The van der Waals surface area contributed by atoms with Crippen LogP contribution >= 0.6 is 11.6 Å². The van der Waals surface area contributed by atoms with E-state index in [1.807, 2.05) is 0 Å². The molecule has 0 aliphatic carbocycles. The van der Waals surface area contributed by atoms with Crippen molar-refractivity contribution in [1.29, 1.82) is 0 Å². The molecule has 6 heteroatoms. The van der Waals surface area contributed by atoms with E-state index in [9.17, 15) is 13.2 Å². The van der Waals surface area contributed by atoms with Crippen LogP contribution in [0.3, 0.4) is 0 Å². The fourth-order valence-corrected chi connectivity index (χ4v) is 2.27. The number of fused-ring (bicyclic) bond motifs is 1. The highest BCUT2D eigenvalue weighted by Crippen LogP contribution is 2.38. The Balaban J connectivity index is 2.65. The zero-order valence-corrected chi connectivity index (χ0v) is 10.4. The fourth-order valence-electron chi connectivity index (χ4n) is 2.10. The Morgan fingerprint density at radius 1 is 1.39 bits per heavy atom. The monoisotopic (exact) mass is 276 g/mol. The summed E-state index contributed by atoms with van der Waals surface area (Å²) in [6.07, 6.45) is -2.88. The van der Waals surface area contributed by atoms with Crippen molar-refractivity contribution >= 4 is 22.5 Å². The van der Waals surface area contributed by atoms with E-state index in [1.54, 1.807) is 29.8 Å². The molecule has 0 fully saturated rings. The van der Waals surface area contributed by atoms with Crippen molar-refractivity contribution in [2.24, 2.45) is 12.8 Å². The maximum Gasteiger partial charge on any atom is 0.397 e. The number of benzene rings is 1. The number of hydrogen-bond donors (Lipinski definition) is 1. The van der Waals surface area contributed by atoms with Crippen LogP contribution in [-0.4, -0.2) is 17.3 Å². The summed E-state index contributed by atoms with van der Waals surface area (Å²) in [5.74, 6) is -1.65. The molecule has 0 saturated heterocycles. The molecule has 1 unspecified atom stereocenters. The molecule has 2 aromatic rings. The molecule has 98 valence electrons. The van der Waals surface area contributed by atoms with Gasteiger partial charge in [-0.2, -0.15) is 13.2 Å². The Bertz CT molecular complexity index is 574. The van der Waals surface area contributed by atoms with Crippen molar-refractivity contribution in [2.45, 2.75) is 12.1 Å². The van der Waals surface area contributed by atoms with Crippen molar-refractivity contribution in [3.05, 3.63) is 35.0 Å². The lowest BCUT2D eigenvalue weighted by Crippen LogP contribution is -2.27. The standard InChI is InChI=1S/C12H12ClF3N2/c1-18-6-9(10(5-17)12(14,15)16)8-3-2-7(13)4-11(8)18/h2-4,6,10H,5,17H2,1H3. The molecule has 2 rings (SSSR count). The topological polar surface area (TPSA) is 30.9 Å². The molecule has 0 spiro atoms. The molecule has 2 nitrogen and oxygen atoms in total. The zero-order valence-electron chi connectivity index (χ0n) is 9.63.